The molecule has 8 nitrogen and oxygen atoms in total. The summed E-state index contributed by atoms with van der Waals surface area (Å²) in [6.45, 7) is 2.80. The van der Waals surface area contributed by atoms with Crippen molar-refractivity contribution in [3.05, 3.63) is 62.7 Å². The van der Waals surface area contributed by atoms with Crippen molar-refractivity contribution < 1.29 is 28.2 Å². The Hall–Kier alpha value is -2.89. The number of aliphatic carboxylic acids is 1. The smallest absolute Gasteiger partial charge is 0.338 e. The third kappa shape index (κ3) is 6.16. The van der Waals surface area contributed by atoms with Crippen LogP contribution in [0.4, 0.5) is 8.78 Å². The molecule has 2 aliphatic rings. The summed E-state index contributed by atoms with van der Waals surface area (Å²) in [4.78, 5) is 35.2. The fourth-order valence-corrected chi connectivity index (χ4v) is 5.63. The van der Waals surface area contributed by atoms with E-state index in [1.165, 1.54) is 16.2 Å². The number of nitrogens with zero attached hydrogens (tertiary/aromatic N) is 3. The van der Waals surface area contributed by atoms with Gasteiger partial charge in [-0.05, 0) is 18.9 Å². The molecule has 198 valence electrons. The van der Waals surface area contributed by atoms with E-state index in [2.05, 4.69) is 10.3 Å². The van der Waals surface area contributed by atoms with Crippen LogP contribution in [0, 0.1) is 5.92 Å². The number of likely N-dealkylation sites (tertiary alicyclic amines) is 1. The minimum atomic E-state index is -2.99. The minimum Gasteiger partial charge on any atom is -0.481 e. The summed E-state index contributed by atoms with van der Waals surface area (Å²) in [5, 5.41) is 15.1. The van der Waals surface area contributed by atoms with Crippen molar-refractivity contribution in [2.24, 2.45) is 10.9 Å². The summed E-state index contributed by atoms with van der Waals surface area (Å²) in [6, 6.07) is 5.40. The molecule has 1 fully saturated rings. The number of carbonyl (C=O) groups is 2. The van der Waals surface area contributed by atoms with Gasteiger partial charge in [-0.1, -0.05) is 36.7 Å². The van der Waals surface area contributed by atoms with Crippen molar-refractivity contribution in [2.75, 3.05) is 19.7 Å². The van der Waals surface area contributed by atoms with E-state index in [1.807, 2.05) is 0 Å². The van der Waals surface area contributed by atoms with Crippen molar-refractivity contribution in [3.63, 3.8) is 0 Å². The van der Waals surface area contributed by atoms with Crippen LogP contribution in [0.1, 0.15) is 43.3 Å². The summed E-state index contributed by atoms with van der Waals surface area (Å²) >= 11 is 7.84. The fourth-order valence-electron chi connectivity index (χ4n) is 4.80. The Bertz CT molecular complexity index is 1220. The lowest BCUT2D eigenvalue weighted by atomic mass is 9.93. The van der Waals surface area contributed by atoms with Crippen LogP contribution in [-0.2, 0) is 14.3 Å². The number of halogens is 3. The molecule has 2 N–H and O–H groups in total. The number of carboxylic acids is 1. The van der Waals surface area contributed by atoms with E-state index in [0.717, 1.165) is 0 Å². The number of esters is 1. The highest BCUT2D eigenvalue weighted by atomic mass is 35.5. The van der Waals surface area contributed by atoms with Crippen LogP contribution in [0.3, 0.4) is 0 Å². The first kappa shape index (κ1) is 27.2. The molecule has 1 aromatic heterocycles. The number of amidine groups is 1. The molecule has 12 heteroatoms. The molecule has 0 bridgehead atoms. The molecule has 1 saturated heterocycles. The standard InChI is InChI=1S/C25H27ClF2N4O4S/c1-3-36-24(35)20-17(12-32-13-25(27,28)11-18(32)14(2)10-19(33)34)30-22(23-29-8-9-37-23)31-21(20)15-6-4-5-7-16(15)26/h4-9,14,18,21H,3,10-13H2,1-2H3,(H,30,31)(H,33,34)/t14?,18-,21-/m0/s1. The number of aromatic nitrogens is 1. The number of thiazole rings is 1. The van der Waals surface area contributed by atoms with Crippen LogP contribution in [0.25, 0.3) is 0 Å². The second-order valence-corrected chi connectivity index (χ2v) is 10.4. The highest BCUT2D eigenvalue weighted by molar-refractivity contribution is 7.11. The van der Waals surface area contributed by atoms with Crippen molar-refractivity contribution >= 4 is 40.7 Å². The molecule has 3 atom stereocenters. The average molecular weight is 553 g/mol. The fraction of sp³-hybridized carbons (Fsp3) is 0.440. The van der Waals surface area contributed by atoms with Crippen molar-refractivity contribution in [3.8, 4) is 0 Å². The summed E-state index contributed by atoms with van der Waals surface area (Å²) in [7, 11) is 0. The SMILES string of the molecule is CCOC(=O)C1=C(CN2CC(F)(F)C[C@H]2C(C)CC(=O)O)NC(c2nccs2)=N[C@H]1c1ccccc1Cl. The number of carbonyl (C=O) groups excluding carboxylic acids is 1. The van der Waals surface area contributed by atoms with Gasteiger partial charge in [0.25, 0.3) is 5.92 Å². The Kier molecular flexibility index (Phi) is 8.25. The van der Waals surface area contributed by atoms with E-state index < -0.39 is 48.8 Å². The van der Waals surface area contributed by atoms with Gasteiger partial charge in [0.05, 0.1) is 18.7 Å². The maximum absolute atomic E-state index is 14.6. The number of carboxylic acid groups (broad SMARTS) is 1. The summed E-state index contributed by atoms with van der Waals surface area (Å²) in [5.74, 6) is -4.85. The predicted octanol–water partition coefficient (Wildman–Crippen LogP) is 4.53. The molecule has 2 aliphatic heterocycles. The van der Waals surface area contributed by atoms with Crippen molar-refractivity contribution in [2.45, 2.75) is 44.7 Å². The van der Waals surface area contributed by atoms with Gasteiger partial charge in [-0.15, -0.1) is 11.3 Å². The maximum Gasteiger partial charge on any atom is 0.338 e. The number of hydrogen-bond acceptors (Lipinski definition) is 8. The molecule has 2 aromatic rings. The van der Waals surface area contributed by atoms with Crippen molar-refractivity contribution in [1.29, 1.82) is 0 Å². The van der Waals surface area contributed by atoms with E-state index in [4.69, 9.17) is 21.3 Å². The highest BCUT2D eigenvalue weighted by Crippen LogP contribution is 2.40. The first-order valence-electron chi connectivity index (χ1n) is 11.8. The molecule has 0 amide bonds. The molecule has 3 heterocycles. The first-order chi connectivity index (χ1) is 17.6. The molecule has 1 unspecified atom stereocenters. The number of hydrogen-bond donors (Lipinski definition) is 2. The minimum absolute atomic E-state index is 0.0658. The van der Waals surface area contributed by atoms with Crippen LogP contribution >= 0.6 is 22.9 Å². The number of aliphatic imine (C=N–C) groups is 1. The Morgan fingerprint density at radius 2 is 2.14 bits per heavy atom. The van der Waals surface area contributed by atoms with Gasteiger partial charge in [0.15, 0.2) is 10.8 Å². The Morgan fingerprint density at radius 1 is 1.38 bits per heavy atom. The molecule has 0 saturated carbocycles. The zero-order chi connectivity index (χ0) is 26.7. The highest BCUT2D eigenvalue weighted by Gasteiger charge is 2.48. The van der Waals surface area contributed by atoms with Crippen LogP contribution in [0.5, 0.6) is 0 Å². The number of alkyl halides is 2. The van der Waals surface area contributed by atoms with Gasteiger partial charge in [0.2, 0.25) is 0 Å². The normalized spacial score (nSPS) is 22.4. The lowest BCUT2D eigenvalue weighted by Crippen LogP contribution is -2.43. The number of benzene rings is 1. The van der Waals surface area contributed by atoms with Crippen molar-refractivity contribution in [1.82, 2.24) is 15.2 Å². The third-order valence-corrected chi connectivity index (χ3v) is 7.51. The molecule has 4 rings (SSSR count). The molecule has 0 aliphatic carbocycles. The lowest BCUT2D eigenvalue weighted by Gasteiger charge is -2.33. The topological polar surface area (TPSA) is 104 Å². The third-order valence-electron chi connectivity index (χ3n) is 6.38. The van der Waals surface area contributed by atoms with E-state index in [0.29, 0.717) is 27.1 Å². The summed E-state index contributed by atoms with van der Waals surface area (Å²) in [5.41, 5.74) is 1.06. The second-order valence-electron chi connectivity index (χ2n) is 9.08. The van der Waals surface area contributed by atoms with Crippen LogP contribution in [0.15, 0.2) is 52.1 Å². The van der Waals surface area contributed by atoms with Gasteiger partial charge in [-0.25, -0.2) is 18.6 Å². The summed E-state index contributed by atoms with van der Waals surface area (Å²) < 4.78 is 34.6. The van der Waals surface area contributed by atoms with Gasteiger partial charge in [0, 0.05) is 53.3 Å². The first-order valence-corrected chi connectivity index (χ1v) is 13.1. The van der Waals surface area contributed by atoms with Gasteiger partial charge in [0.1, 0.15) is 6.04 Å². The predicted molar refractivity (Wildman–Crippen MR) is 136 cm³/mol. The lowest BCUT2D eigenvalue weighted by molar-refractivity contribution is -0.139. The van der Waals surface area contributed by atoms with E-state index >= 15 is 0 Å². The van der Waals surface area contributed by atoms with Gasteiger partial charge in [-0.3, -0.25) is 14.7 Å². The van der Waals surface area contributed by atoms with E-state index in [9.17, 15) is 23.5 Å². The van der Waals surface area contributed by atoms with Crippen LogP contribution < -0.4 is 5.32 Å². The molecular weight excluding hydrogens is 526 g/mol. The number of ether oxygens (including phenoxy) is 1. The maximum atomic E-state index is 14.6. The Balaban J connectivity index is 1.80. The zero-order valence-corrected chi connectivity index (χ0v) is 21.9. The van der Waals surface area contributed by atoms with E-state index in [-0.39, 0.29) is 25.1 Å². The van der Waals surface area contributed by atoms with Gasteiger partial charge >= 0.3 is 11.9 Å². The van der Waals surface area contributed by atoms with Gasteiger partial charge in [-0.2, -0.15) is 0 Å². The quantitative estimate of drug-likeness (QED) is 0.441. The second kappa shape index (κ2) is 11.2. The van der Waals surface area contributed by atoms with Gasteiger partial charge < -0.3 is 15.2 Å². The molecule has 37 heavy (non-hydrogen) atoms. The Labute approximate surface area is 222 Å². The monoisotopic (exact) mass is 552 g/mol. The summed E-state index contributed by atoms with van der Waals surface area (Å²) in [6.07, 6.45) is 0.900. The zero-order valence-electron chi connectivity index (χ0n) is 20.3. The van der Waals surface area contributed by atoms with Crippen LogP contribution in [-0.4, -0.2) is 64.4 Å². The Morgan fingerprint density at radius 3 is 2.78 bits per heavy atom. The number of nitrogens with one attached hydrogen (secondary N) is 1. The molecule has 1 aromatic carbocycles. The molecular formula is C25H27ClF2N4O4S. The van der Waals surface area contributed by atoms with E-state index in [1.54, 1.807) is 49.7 Å². The molecule has 0 spiro atoms. The molecule has 0 radical (unpaired) electrons. The number of rotatable bonds is 9. The van der Waals surface area contributed by atoms with Crippen LogP contribution in [0.2, 0.25) is 5.02 Å². The average Bonchev–Trinajstić information content (AvgIpc) is 3.46. The largest absolute Gasteiger partial charge is 0.481 e.